The summed E-state index contributed by atoms with van der Waals surface area (Å²) in [4.78, 5) is 17.8. The molecule has 1 aromatic carbocycles. The van der Waals surface area contributed by atoms with Gasteiger partial charge in [-0.15, -0.1) is 0 Å². The summed E-state index contributed by atoms with van der Waals surface area (Å²) in [7, 11) is 0. The molecule has 0 radical (unpaired) electrons. The summed E-state index contributed by atoms with van der Waals surface area (Å²) in [6.45, 7) is 9.94. The molecule has 1 aliphatic rings. The number of aryl methyl sites for hydroxylation is 5. The van der Waals surface area contributed by atoms with Gasteiger partial charge in [-0.3, -0.25) is 0 Å². The molecule has 0 spiro atoms. The smallest absolute Gasteiger partial charge is 0.141 e. The van der Waals surface area contributed by atoms with Crippen LogP contribution in [0.25, 0.3) is 33.3 Å². The molecule has 1 saturated carbocycles. The Labute approximate surface area is 163 Å². The Balaban J connectivity index is 1.84. The molecule has 6 nitrogen and oxygen atoms in total. The lowest BCUT2D eigenvalue weighted by Crippen LogP contribution is -2.00. The lowest BCUT2D eigenvalue weighted by molar-refractivity contribution is 0.393. The maximum Gasteiger partial charge on any atom is 0.141 e. The van der Waals surface area contributed by atoms with Crippen LogP contribution in [0.2, 0.25) is 0 Å². The van der Waals surface area contributed by atoms with Crippen molar-refractivity contribution in [3.05, 3.63) is 46.6 Å². The molecule has 0 aliphatic heterocycles. The van der Waals surface area contributed by atoms with Crippen LogP contribution >= 0.6 is 0 Å². The van der Waals surface area contributed by atoms with Gasteiger partial charge < -0.3 is 9.51 Å². The predicted molar refractivity (Wildman–Crippen MR) is 108 cm³/mol. The lowest BCUT2D eigenvalue weighted by Gasteiger charge is -2.12. The molecule has 1 aliphatic carbocycles. The van der Waals surface area contributed by atoms with Crippen molar-refractivity contribution in [3.8, 4) is 22.3 Å². The van der Waals surface area contributed by atoms with E-state index in [4.69, 9.17) is 9.51 Å². The van der Waals surface area contributed by atoms with Crippen molar-refractivity contribution in [2.24, 2.45) is 0 Å². The molecule has 4 aromatic rings. The van der Waals surface area contributed by atoms with Crippen molar-refractivity contribution < 1.29 is 4.52 Å². The first-order valence-corrected chi connectivity index (χ1v) is 9.71. The maximum absolute atomic E-state index is 5.42. The van der Waals surface area contributed by atoms with Crippen LogP contribution in [0.3, 0.4) is 0 Å². The van der Waals surface area contributed by atoms with Crippen molar-refractivity contribution in [1.29, 1.82) is 0 Å². The van der Waals surface area contributed by atoms with Crippen LogP contribution < -0.4 is 0 Å². The molecule has 0 saturated heterocycles. The highest BCUT2D eigenvalue weighted by Crippen LogP contribution is 2.42. The summed E-state index contributed by atoms with van der Waals surface area (Å²) >= 11 is 0. The van der Waals surface area contributed by atoms with E-state index < -0.39 is 0 Å². The zero-order valence-electron chi connectivity index (χ0n) is 16.8. The second-order valence-corrected chi connectivity index (χ2v) is 7.83. The minimum absolute atomic E-state index is 0.555. The Morgan fingerprint density at radius 2 is 1.61 bits per heavy atom. The van der Waals surface area contributed by atoms with Crippen molar-refractivity contribution in [3.63, 3.8) is 0 Å². The van der Waals surface area contributed by atoms with Crippen LogP contribution in [0.15, 0.2) is 16.7 Å². The second kappa shape index (κ2) is 5.99. The Morgan fingerprint density at radius 1 is 0.893 bits per heavy atom. The van der Waals surface area contributed by atoms with Crippen LogP contribution in [0.4, 0.5) is 0 Å². The van der Waals surface area contributed by atoms with Gasteiger partial charge >= 0.3 is 0 Å². The van der Waals surface area contributed by atoms with Gasteiger partial charge in [-0.2, -0.15) is 0 Å². The third kappa shape index (κ3) is 2.63. The molecule has 0 atom stereocenters. The highest BCUT2D eigenvalue weighted by Gasteiger charge is 2.28. The quantitative estimate of drug-likeness (QED) is 0.541. The SMILES string of the molecule is Cc1nc(C)c(-c2cc(-c3c(C)noc3C)cc3[nH]c(C4CC4)nc23)c(C)n1. The van der Waals surface area contributed by atoms with E-state index in [2.05, 4.69) is 32.2 Å². The number of nitrogens with zero attached hydrogens (tertiary/aromatic N) is 4. The van der Waals surface area contributed by atoms with Crippen LogP contribution in [-0.4, -0.2) is 25.1 Å². The molecule has 0 amide bonds. The van der Waals surface area contributed by atoms with E-state index in [-0.39, 0.29) is 0 Å². The number of aromatic amines is 1. The summed E-state index contributed by atoms with van der Waals surface area (Å²) in [5.41, 5.74) is 9.07. The zero-order valence-corrected chi connectivity index (χ0v) is 16.8. The van der Waals surface area contributed by atoms with Gasteiger partial charge in [0.05, 0.1) is 16.7 Å². The topological polar surface area (TPSA) is 80.5 Å². The predicted octanol–water partition coefficient (Wildman–Crippen LogP) is 5.09. The summed E-state index contributed by atoms with van der Waals surface area (Å²) in [5.74, 6) is 3.24. The van der Waals surface area contributed by atoms with E-state index in [9.17, 15) is 0 Å². The Bertz CT molecular complexity index is 1190. The van der Waals surface area contributed by atoms with Crippen LogP contribution in [0.5, 0.6) is 0 Å². The molecule has 3 heterocycles. The fourth-order valence-corrected chi connectivity index (χ4v) is 4.19. The van der Waals surface area contributed by atoms with Crippen LogP contribution in [-0.2, 0) is 0 Å². The maximum atomic E-state index is 5.42. The number of imidazole rings is 1. The van der Waals surface area contributed by atoms with E-state index in [1.807, 2.05) is 34.6 Å². The van der Waals surface area contributed by atoms with Gasteiger partial charge in [0, 0.05) is 34.0 Å². The van der Waals surface area contributed by atoms with Crippen molar-refractivity contribution in [2.45, 2.75) is 53.4 Å². The highest BCUT2D eigenvalue weighted by molar-refractivity contribution is 5.97. The number of benzene rings is 1. The van der Waals surface area contributed by atoms with Gasteiger partial charge in [0.15, 0.2) is 0 Å². The number of aromatic nitrogens is 5. The first-order valence-electron chi connectivity index (χ1n) is 9.71. The number of hydrogen-bond donors (Lipinski definition) is 1. The van der Waals surface area contributed by atoms with E-state index in [1.54, 1.807) is 0 Å². The molecule has 3 aromatic heterocycles. The minimum atomic E-state index is 0.555. The first kappa shape index (κ1) is 17.1. The fraction of sp³-hybridized carbons (Fsp3) is 0.364. The van der Waals surface area contributed by atoms with Gasteiger partial charge in [-0.25, -0.2) is 15.0 Å². The van der Waals surface area contributed by atoms with E-state index in [0.717, 1.165) is 67.8 Å². The molecule has 1 N–H and O–H groups in total. The minimum Gasteiger partial charge on any atom is -0.361 e. The van der Waals surface area contributed by atoms with Gasteiger partial charge in [-0.1, -0.05) is 5.16 Å². The van der Waals surface area contributed by atoms with Gasteiger partial charge in [0.1, 0.15) is 17.4 Å². The normalized spacial score (nSPS) is 14.2. The number of nitrogens with one attached hydrogen (secondary N) is 1. The third-order valence-corrected chi connectivity index (χ3v) is 5.54. The third-order valence-electron chi connectivity index (χ3n) is 5.54. The molecule has 28 heavy (non-hydrogen) atoms. The van der Waals surface area contributed by atoms with E-state index >= 15 is 0 Å². The standard InChI is InChI=1S/C22H23N5O/c1-10-19(11(2)24-14(5)23-10)17-8-16(20-12(3)27-28-13(20)4)9-18-21(17)26-22(25-18)15-6-7-15/h8-9,15H,6-7H2,1-5H3,(H,25,26). The van der Waals surface area contributed by atoms with Gasteiger partial charge in [0.25, 0.3) is 0 Å². The molecule has 0 unspecified atom stereocenters. The average molecular weight is 373 g/mol. The monoisotopic (exact) mass is 373 g/mol. The van der Waals surface area contributed by atoms with Crippen molar-refractivity contribution in [2.75, 3.05) is 0 Å². The number of hydrogen-bond acceptors (Lipinski definition) is 5. The van der Waals surface area contributed by atoms with Crippen molar-refractivity contribution in [1.82, 2.24) is 25.1 Å². The molecule has 0 bridgehead atoms. The van der Waals surface area contributed by atoms with Crippen LogP contribution in [0.1, 0.15) is 53.3 Å². The zero-order chi connectivity index (χ0) is 19.6. The molecule has 1 fully saturated rings. The Kier molecular flexibility index (Phi) is 3.66. The number of H-pyrrole nitrogens is 1. The number of fused-ring (bicyclic) bond motifs is 1. The summed E-state index contributed by atoms with van der Waals surface area (Å²) in [6.07, 6.45) is 2.41. The summed E-state index contributed by atoms with van der Waals surface area (Å²) in [5, 5.41) is 4.14. The van der Waals surface area contributed by atoms with E-state index in [0.29, 0.717) is 5.92 Å². The lowest BCUT2D eigenvalue weighted by atomic mass is 9.95. The molecule has 142 valence electrons. The Hall–Kier alpha value is -3.02. The number of rotatable bonds is 3. The largest absolute Gasteiger partial charge is 0.361 e. The van der Waals surface area contributed by atoms with Gasteiger partial charge in [-0.05, 0) is 65.2 Å². The van der Waals surface area contributed by atoms with Gasteiger partial charge in [0.2, 0.25) is 0 Å². The molecular weight excluding hydrogens is 350 g/mol. The van der Waals surface area contributed by atoms with Crippen LogP contribution in [0, 0.1) is 34.6 Å². The summed E-state index contributed by atoms with van der Waals surface area (Å²) in [6, 6.07) is 4.34. The molecular formula is C22H23N5O. The summed E-state index contributed by atoms with van der Waals surface area (Å²) < 4.78 is 5.42. The van der Waals surface area contributed by atoms with E-state index in [1.165, 1.54) is 12.8 Å². The average Bonchev–Trinajstić information content (AvgIpc) is 3.30. The first-order chi connectivity index (χ1) is 13.4. The molecule has 5 rings (SSSR count). The highest BCUT2D eigenvalue weighted by atomic mass is 16.5. The fourth-order valence-electron chi connectivity index (χ4n) is 4.19. The Morgan fingerprint density at radius 3 is 2.21 bits per heavy atom. The second-order valence-electron chi connectivity index (χ2n) is 7.83. The molecule has 6 heteroatoms. The van der Waals surface area contributed by atoms with Crippen molar-refractivity contribution >= 4 is 11.0 Å².